The number of carbonyl (C=O) groups excluding carboxylic acids is 1. The standard InChI is InChI=1S/C18H22O5/c1-20-15-10-8-14(9-11-15)13-22-12-6-4-3-5-7-16-17(23-16)18(19)21-2/h8-11,16-17H,4,6-7,12-13H2,1-2H3/t16-,17+/m0/s1. The van der Waals surface area contributed by atoms with Crippen molar-refractivity contribution in [1.82, 2.24) is 0 Å². The summed E-state index contributed by atoms with van der Waals surface area (Å²) in [6, 6.07) is 7.83. The van der Waals surface area contributed by atoms with Crippen molar-refractivity contribution in [2.75, 3.05) is 20.8 Å². The lowest BCUT2D eigenvalue weighted by Crippen LogP contribution is -2.11. The molecule has 0 saturated carbocycles. The highest BCUT2D eigenvalue weighted by Crippen LogP contribution is 2.25. The Kier molecular flexibility index (Phi) is 6.92. The lowest BCUT2D eigenvalue weighted by molar-refractivity contribution is -0.142. The maximum atomic E-state index is 11.1. The number of methoxy groups -OCH3 is 2. The quantitative estimate of drug-likeness (QED) is 0.319. The molecule has 5 nitrogen and oxygen atoms in total. The summed E-state index contributed by atoms with van der Waals surface area (Å²) in [5.41, 5.74) is 1.12. The first-order valence-electron chi connectivity index (χ1n) is 7.64. The van der Waals surface area contributed by atoms with Crippen LogP contribution in [0.2, 0.25) is 0 Å². The van der Waals surface area contributed by atoms with Gasteiger partial charge in [0.1, 0.15) is 11.9 Å². The Morgan fingerprint density at radius 3 is 2.70 bits per heavy atom. The van der Waals surface area contributed by atoms with E-state index >= 15 is 0 Å². The second-order valence-corrected chi connectivity index (χ2v) is 5.18. The van der Waals surface area contributed by atoms with Gasteiger partial charge in [0, 0.05) is 19.4 Å². The van der Waals surface area contributed by atoms with E-state index in [1.54, 1.807) is 7.11 Å². The van der Waals surface area contributed by atoms with E-state index in [9.17, 15) is 4.79 Å². The molecular formula is C18H22O5. The molecule has 0 N–H and O–H groups in total. The van der Waals surface area contributed by atoms with E-state index in [0.717, 1.165) is 24.2 Å². The number of epoxide rings is 1. The Hall–Kier alpha value is -2.03. The van der Waals surface area contributed by atoms with E-state index in [-0.39, 0.29) is 12.1 Å². The van der Waals surface area contributed by atoms with E-state index in [2.05, 4.69) is 16.6 Å². The van der Waals surface area contributed by atoms with Gasteiger partial charge in [-0.25, -0.2) is 4.79 Å². The van der Waals surface area contributed by atoms with Crippen molar-refractivity contribution in [3.8, 4) is 17.6 Å². The first kappa shape index (κ1) is 17.3. The number of esters is 1. The molecule has 1 aromatic rings. The van der Waals surface area contributed by atoms with E-state index in [0.29, 0.717) is 19.6 Å². The Bertz CT molecular complexity index is 555. The van der Waals surface area contributed by atoms with Crippen LogP contribution in [-0.4, -0.2) is 39.0 Å². The third-order valence-electron chi connectivity index (χ3n) is 3.46. The molecule has 23 heavy (non-hydrogen) atoms. The fraction of sp³-hybridized carbons (Fsp3) is 0.500. The molecule has 0 radical (unpaired) electrons. The Labute approximate surface area is 136 Å². The molecule has 0 bridgehead atoms. The Morgan fingerprint density at radius 2 is 2.00 bits per heavy atom. The molecule has 0 unspecified atom stereocenters. The van der Waals surface area contributed by atoms with Crippen LogP contribution in [-0.2, 0) is 25.6 Å². The molecule has 0 spiro atoms. The van der Waals surface area contributed by atoms with Crippen LogP contribution in [0.1, 0.15) is 24.8 Å². The molecule has 5 heteroatoms. The van der Waals surface area contributed by atoms with Crippen LogP contribution in [0, 0.1) is 11.8 Å². The molecule has 0 aromatic heterocycles. The summed E-state index contributed by atoms with van der Waals surface area (Å²) >= 11 is 0. The number of rotatable bonds is 8. The number of hydrogen-bond acceptors (Lipinski definition) is 5. The summed E-state index contributed by atoms with van der Waals surface area (Å²) in [4.78, 5) is 11.1. The second-order valence-electron chi connectivity index (χ2n) is 5.18. The van der Waals surface area contributed by atoms with Gasteiger partial charge in [-0.1, -0.05) is 12.1 Å². The van der Waals surface area contributed by atoms with Gasteiger partial charge in [0.25, 0.3) is 0 Å². The van der Waals surface area contributed by atoms with Crippen molar-refractivity contribution in [2.24, 2.45) is 0 Å². The molecule has 124 valence electrons. The van der Waals surface area contributed by atoms with Crippen molar-refractivity contribution in [3.63, 3.8) is 0 Å². The van der Waals surface area contributed by atoms with Crippen LogP contribution in [0.15, 0.2) is 24.3 Å². The van der Waals surface area contributed by atoms with Crippen LogP contribution in [0.5, 0.6) is 5.75 Å². The van der Waals surface area contributed by atoms with Crippen molar-refractivity contribution >= 4 is 5.97 Å². The van der Waals surface area contributed by atoms with Gasteiger partial charge in [0.2, 0.25) is 0 Å². The first-order valence-corrected chi connectivity index (χ1v) is 7.64. The number of carbonyl (C=O) groups is 1. The molecule has 2 rings (SSSR count). The average Bonchev–Trinajstić information content (AvgIpc) is 3.36. The summed E-state index contributed by atoms with van der Waals surface area (Å²) in [5, 5.41) is 0. The smallest absolute Gasteiger partial charge is 0.337 e. The maximum Gasteiger partial charge on any atom is 0.337 e. The van der Waals surface area contributed by atoms with Gasteiger partial charge in [-0.2, -0.15) is 0 Å². The number of ether oxygens (including phenoxy) is 4. The predicted molar refractivity (Wildman–Crippen MR) is 85.0 cm³/mol. The molecule has 0 amide bonds. The Balaban J connectivity index is 1.50. The van der Waals surface area contributed by atoms with Gasteiger partial charge in [0.05, 0.1) is 20.8 Å². The van der Waals surface area contributed by atoms with Gasteiger partial charge in [-0.05, 0) is 24.1 Å². The normalized spacial score (nSPS) is 18.7. The van der Waals surface area contributed by atoms with Crippen LogP contribution in [0.25, 0.3) is 0 Å². The van der Waals surface area contributed by atoms with Crippen LogP contribution in [0.3, 0.4) is 0 Å². The highest BCUT2D eigenvalue weighted by atomic mass is 16.6. The minimum absolute atomic E-state index is 0.0960. The zero-order chi connectivity index (χ0) is 16.5. The maximum absolute atomic E-state index is 11.1. The van der Waals surface area contributed by atoms with E-state index in [1.807, 2.05) is 24.3 Å². The van der Waals surface area contributed by atoms with Crippen LogP contribution < -0.4 is 4.74 Å². The van der Waals surface area contributed by atoms with Crippen molar-refractivity contribution in [1.29, 1.82) is 0 Å². The van der Waals surface area contributed by atoms with Gasteiger partial charge in [0.15, 0.2) is 6.10 Å². The highest BCUT2D eigenvalue weighted by Gasteiger charge is 2.45. The third kappa shape index (κ3) is 5.93. The lowest BCUT2D eigenvalue weighted by Gasteiger charge is -2.04. The minimum Gasteiger partial charge on any atom is -0.497 e. The topological polar surface area (TPSA) is 57.3 Å². The number of hydrogen-bond donors (Lipinski definition) is 0. The number of benzene rings is 1. The SMILES string of the molecule is COC(=O)[C@@H]1O[C@H]1CC#CCCCOCc1ccc(OC)cc1. The molecule has 1 saturated heterocycles. The number of unbranched alkanes of at least 4 members (excludes halogenated alkanes) is 1. The van der Waals surface area contributed by atoms with Gasteiger partial charge < -0.3 is 18.9 Å². The van der Waals surface area contributed by atoms with Gasteiger partial charge >= 0.3 is 5.97 Å². The van der Waals surface area contributed by atoms with Crippen LogP contribution >= 0.6 is 0 Å². The molecule has 0 aliphatic carbocycles. The second kappa shape index (κ2) is 9.19. The fourth-order valence-corrected chi connectivity index (χ4v) is 2.06. The van der Waals surface area contributed by atoms with E-state index in [1.165, 1.54) is 7.11 Å². The Morgan fingerprint density at radius 1 is 1.22 bits per heavy atom. The summed E-state index contributed by atoms with van der Waals surface area (Å²) in [7, 11) is 3.01. The van der Waals surface area contributed by atoms with Gasteiger partial charge in [-0.3, -0.25) is 0 Å². The average molecular weight is 318 g/mol. The molecule has 2 atom stereocenters. The third-order valence-corrected chi connectivity index (χ3v) is 3.46. The zero-order valence-corrected chi connectivity index (χ0v) is 13.5. The summed E-state index contributed by atoms with van der Waals surface area (Å²) in [6.07, 6.45) is 1.73. The van der Waals surface area contributed by atoms with Gasteiger partial charge in [-0.15, -0.1) is 11.8 Å². The van der Waals surface area contributed by atoms with Crippen molar-refractivity contribution in [2.45, 2.75) is 38.1 Å². The largest absolute Gasteiger partial charge is 0.497 e. The summed E-state index contributed by atoms with van der Waals surface area (Å²) in [6.45, 7) is 1.26. The monoisotopic (exact) mass is 318 g/mol. The van der Waals surface area contributed by atoms with Crippen LogP contribution in [0.4, 0.5) is 0 Å². The summed E-state index contributed by atoms with van der Waals surface area (Å²) in [5.74, 6) is 6.62. The van der Waals surface area contributed by atoms with Crippen molar-refractivity contribution in [3.05, 3.63) is 29.8 Å². The molecule has 1 fully saturated rings. The first-order chi connectivity index (χ1) is 11.2. The lowest BCUT2D eigenvalue weighted by atomic mass is 10.2. The molecular weight excluding hydrogens is 296 g/mol. The molecule has 1 aromatic carbocycles. The zero-order valence-electron chi connectivity index (χ0n) is 13.5. The molecule has 1 aliphatic heterocycles. The molecule has 1 aliphatic rings. The molecule has 1 heterocycles. The predicted octanol–water partition coefficient (Wildman–Crippen LogP) is 2.33. The van der Waals surface area contributed by atoms with Crippen molar-refractivity contribution < 1.29 is 23.7 Å². The highest BCUT2D eigenvalue weighted by molar-refractivity contribution is 5.77. The van der Waals surface area contributed by atoms with E-state index in [4.69, 9.17) is 14.2 Å². The minimum atomic E-state index is -0.415. The fourth-order valence-electron chi connectivity index (χ4n) is 2.06. The van der Waals surface area contributed by atoms with E-state index < -0.39 is 6.10 Å². The summed E-state index contributed by atoms with van der Waals surface area (Å²) < 4.78 is 20.5.